The average Bonchev–Trinajstić information content (AvgIpc) is 2.79. The van der Waals surface area contributed by atoms with Crippen molar-refractivity contribution in [3.05, 3.63) is 54.6 Å². The fraction of sp³-hybridized carbons (Fsp3) is 0.391. The van der Waals surface area contributed by atoms with E-state index in [1.54, 1.807) is 24.5 Å². The van der Waals surface area contributed by atoms with Crippen LogP contribution in [-0.2, 0) is 6.61 Å². The van der Waals surface area contributed by atoms with E-state index in [0.717, 1.165) is 48.8 Å². The molecule has 3 aromatic rings. The van der Waals surface area contributed by atoms with E-state index in [4.69, 9.17) is 0 Å². The molecule has 164 valence electrons. The molecule has 0 unspecified atom stereocenters. The Kier molecular flexibility index (Phi) is 8.26. The maximum atomic E-state index is 9.24. The zero-order valence-corrected chi connectivity index (χ0v) is 18.4. The highest BCUT2D eigenvalue weighted by Gasteiger charge is 2.07. The lowest BCUT2D eigenvalue weighted by atomic mass is 10.2. The number of nitrogens with one attached hydrogen (secondary N) is 2. The van der Waals surface area contributed by atoms with Gasteiger partial charge < -0.3 is 20.6 Å². The first kappa shape index (κ1) is 22.6. The van der Waals surface area contributed by atoms with Gasteiger partial charge in [0.2, 0.25) is 5.95 Å². The maximum Gasteiger partial charge on any atom is 0.227 e. The van der Waals surface area contributed by atoms with Crippen molar-refractivity contribution in [3.63, 3.8) is 0 Å². The lowest BCUT2D eigenvalue weighted by Gasteiger charge is -2.18. The zero-order chi connectivity index (χ0) is 22.1. The molecule has 0 spiro atoms. The van der Waals surface area contributed by atoms with Gasteiger partial charge in [-0.2, -0.15) is 0 Å². The quantitative estimate of drug-likeness (QED) is 0.406. The molecule has 0 aliphatic rings. The Hall–Kier alpha value is -3.10. The van der Waals surface area contributed by atoms with E-state index in [1.165, 1.54) is 0 Å². The molecule has 0 aliphatic heterocycles. The number of nitrogens with zero attached hydrogens (tertiary/aromatic N) is 5. The highest BCUT2D eigenvalue weighted by atomic mass is 16.3. The van der Waals surface area contributed by atoms with Crippen LogP contribution in [0.15, 0.2) is 48.9 Å². The predicted octanol–water partition coefficient (Wildman–Crippen LogP) is 3.24. The second-order valence-corrected chi connectivity index (χ2v) is 7.86. The maximum absolute atomic E-state index is 9.24. The summed E-state index contributed by atoms with van der Waals surface area (Å²) in [6, 6.07) is 9.47. The standard InChI is InChI=1S/C23H31N7O/c1-17(2)14-24-9-4-12-30(3)22-6-5-18(15-27-22)21-8-11-26-23(29-21)28-19-7-10-25-20(13-19)16-31/h5-8,10-11,13,15,17,24,31H,4,9,12,14,16H2,1-3H3,(H,25,26,28,29). The van der Waals surface area contributed by atoms with Crippen LogP contribution in [0.4, 0.5) is 17.5 Å². The largest absolute Gasteiger partial charge is 0.390 e. The summed E-state index contributed by atoms with van der Waals surface area (Å²) in [5, 5.41) is 15.9. The van der Waals surface area contributed by atoms with E-state index in [1.807, 2.05) is 24.4 Å². The number of hydrogen-bond acceptors (Lipinski definition) is 8. The van der Waals surface area contributed by atoms with Crippen LogP contribution in [0.25, 0.3) is 11.3 Å². The van der Waals surface area contributed by atoms with Gasteiger partial charge in [-0.15, -0.1) is 0 Å². The summed E-state index contributed by atoms with van der Waals surface area (Å²) in [4.78, 5) is 19.7. The Labute approximate surface area is 183 Å². The normalized spacial score (nSPS) is 11.0. The molecule has 0 aromatic carbocycles. The molecule has 3 heterocycles. The fourth-order valence-corrected chi connectivity index (χ4v) is 3.06. The van der Waals surface area contributed by atoms with E-state index >= 15 is 0 Å². The molecule has 0 aliphatic carbocycles. The SMILES string of the molecule is CC(C)CNCCCN(C)c1ccc(-c2ccnc(Nc3ccnc(CO)c3)n2)cn1. The number of pyridine rings is 2. The molecule has 0 radical (unpaired) electrons. The van der Waals surface area contributed by atoms with Gasteiger partial charge in [0.25, 0.3) is 0 Å². The average molecular weight is 422 g/mol. The van der Waals surface area contributed by atoms with E-state index in [2.05, 4.69) is 56.4 Å². The zero-order valence-electron chi connectivity index (χ0n) is 18.4. The molecular weight excluding hydrogens is 390 g/mol. The Morgan fingerprint density at radius 2 is 1.90 bits per heavy atom. The highest BCUT2D eigenvalue weighted by Crippen LogP contribution is 2.21. The molecule has 0 atom stereocenters. The second kappa shape index (κ2) is 11.3. The summed E-state index contributed by atoms with van der Waals surface area (Å²) in [6.45, 7) is 7.32. The minimum Gasteiger partial charge on any atom is -0.390 e. The van der Waals surface area contributed by atoms with Crippen molar-refractivity contribution in [2.24, 2.45) is 5.92 Å². The van der Waals surface area contributed by atoms with Gasteiger partial charge in [0, 0.05) is 43.4 Å². The van der Waals surface area contributed by atoms with Crippen molar-refractivity contribution in [3.8, 4) is 11.3 Å². The number of aliphatic hydroxyl groups excluding tert-OH is 1. The van der Waals surface area contributed by atoms with Gasteiger partial charge in [-0.05, 0) is 55.8 Å². The van der Waals surface area contributed by atoms with Gasteiger partial charge in [0.15, 0.2) is 0 Å². The first-order valence-corrected chi connectivity index (χ1v) is 10.6. The van der Waals surface area contributed by atoms with Crippen molar-refractivity contribution in [2.75, 3.05) is 36.9 Å². The Bertz CT molecular complexity index is 947. The third-order valence-corrected chi connectivity index (χ3v) is 4.72. The molecule has 31 heavy (non-hydrogen) atoms. The van der Waals surface area contributed by atoms with Crippen LogP contribution in [0.3, 0.4) is 0 Å². The van der Waals surface area contributed by atoms with Gasteiger partial charge in [-0.1, -0.05) is 13.8 Å². The second-order valence-electron chi connectivity index (χ2n) is 7.86. The van der Waals surface area contributed by atoms with Gasteiger partial charge in [-0.25, -0.2) is 15.0 Å². The number of anilines is 3. The number of hydrogen-bond donors (Lipinski definition) is 3. The minimum absolute atomic E-state index is 0.114. The van der Waals surface area contributed by atoms with E-state index in [9.17, 15) is 5.11 Å². The number of aliphatic hydroxyl groups is 1. The monoisotopic (exact) mass is 421 g/mol. The summed E-state index contributed by atoms with van der Waals surface area (Å²) < 4.78 is 0. The van der Waals surface area contributed by atoms with Gasteiger partial charge in [0.1, 0.15) is 5.82 Å². The summed E-state index contributed by atoms with van der Waals surface area (Å²) in [5.41, 5.74) is 3.07. The molecule has 3 aromatic heterocycles. The fourth-order valence-electron chi connectivity index (χ4n) is 3.06. The summed E-state index contributed by atoms with van der Waals surface area (Å²) in [6.07, 6.45) is 6.26. The van der Waals surface area contributed by atoms with Gasteiger partial charge in [-0.3, -0.25) is 4.98 Å². The highest BCUT2D eigenvalue weighted by molar-refractivity contribution is 5.62. The lowest BCUT2D eigenvalue weighted by molar-refractivity contribution is 0.277. The first-order chi connectivity index (χ1) is 15.0. The van der Waals surface area contributed by atoms with Crippen LogP contribution in [0.1, 0.15) is 26.0 Å². The predicted molar refractivity (Wildman–Crippen MR) is 124 cm³/mol. The van der Waals surface area contributed by atoms with Crippen molar-refractivity contribution < 1.29 is 5.11 Å². The number of rotatable bonds is 11. The molecule has 0 fully saturated rings. The Morgan fingerprint density at radius 1 is 1.06 bits per heavy atom. The van der Waals surface area contributed by atoms with Crippen LogP contribution in [-0.4, -0.2) is 51.7 Å². The smallest absolute Gasteiger partial charge is 0.227 e. The third kappa shape index (κ3) is 6.97. The molecule has 0 bridgehead atoms. The van der Waals surface area contributed by atoms with E-state index in [0.29, 0.717) is 17.6 Å². The van der Waals surface area contributed by atoms with Crippen LogP contribution in [0, 0.1) is 5.92 Å². The Balaban J connectivity index is 1.59. The van der Waals surface area contributed by atoms with E-state index < -0.39 is 0 Å². The molecule has 3 rings (SSSR count). The Morgan fingerprint density at radius 3 is 2.65 bits per heavy atom. The van der Waals surface area contributed by atoms with Crippen molar-refractivity contribution in [1.82, 2.24) is 25.3 Å². The molecule has 0 saturated carbocycles. The number of aromatic nitrogens is 4. The van der Waals surface area contributed by atoms with Crippen LogP contribution in [0.2, 0.25) is 0 Å². The molecule has 8 heteroatoms. The van der Waals surface area contributed by atoms with E-state index in [-0.39, 0.29) is 6.61 Å². The molecule has 0 amide bonds. The summed E-state index contributed by atoms with van der Waals surface area (Å²) >= 11 is 0. The van der Waals surface area contributed by atoms with Crippen molar-refractivity contribution in [2.45, 2.75) is 26.9 Å². The van der Waals surface area contributed by atoms with Gasteiger partial charge in [0.05, 0.1) is 18.0 Å². The molecule has 0 saturated heterocycles. The topological polar surface area (TPSA) is 99.1 Å². The van der Waals surface area contributed by atoms with Crippen molar-refractivity contribution in [1.29, 1.82) is 0 Å². The summed E-state index contributed by atoms with van der Waals surface area (Å²) in [7, 11) is 2.06. The lowest BCUT2D eigenvalue weighted by Crippen LogP contribution is -2.26. The van der Waals surface area contributed by atoms with Crippen LogP contribution in [0.5, 0.6) is 0 Å². The molecule has 3 N–H and O–H groups in total. The minimum atomic E-state index is -0.114. The van der Waals surface area contributed by atoms with Crippen LogP contribution >= 0.6 is 0 Å². The summed E-state index contributed by atoms with van der Waals surface area (Å²) in [5.74, 6) is 2.09. The first-order valence-electron chi connectivity index (χ1n) is 10.6. The van der Waals surface area contributed by atoms with Crippen LogP contribution < -0.4 is 15.5 Å². The van der Waals surface area contributed by atoms with Crippen molar-refractivity contribution >= 4 is 17.5 Å². The van der Waals surface area contributed by atoms with Gasteiger partial charge >= 0.3 is 0 Å². The molecule has 8 nitrogen and oxygen atoms in total. The molecular formula is C23H31N7O. The third-order valence-electron chi connectivity index (χ3n) is 4.72.